The Kier molecular flexibility index (Phi) is 7.70. The lowest BCUT2D eigenvalue weighted by Gasteiger charge is -2.04. The summed E-state index contributed by atoms with van der Waals surface area (Å²) in [6.45, 7) is 4.43. The number of aryl methyl sites for hydroxylation is 2. The second-order valence-electron chi connectivity index (χ2n) is 4.99. The van der Waals surface area contributed by atoms with E-state index in [4.69, 9.17) is 0 Å². The van der Waals surface area contributed by atoms with Gasteiger partial charge in [-0.1, -0.05) is 57.9 Å². The zero-order chi connectivity index (χ0) is 12.3. The summed E-state index contributed by atoms with van der Waals surface area (Å²) in [6.07, 6.45) is 14.2. The van der Waals surface area contributed by atoms with Crippen molar-refractivity contribution in [2.24, 2.45) is 0 Å². The van der Waals surface area contributed by atoms with Crippen LogP contribution in [0.15, 0.2) is 18.3 Å². The Morgan fingerprint density at radius 1 is 0.941 bits per heavy atom. The molecule has 0 aliphatic rings. The molecule has 1 heterocycles. The molecule has 0 unspecified atom stereocenters. The van der Waals surface area contributed by atoms with Gasteiger partial charge in [0.05, 0.1) is 0 Å². The Morgan fingerprint density at radius 2 is 1.59 bits per heavy atom. The summed E-state index contributed by atoms with van der Waals surface area (Å²) in [5, 5.41) is 0. The highest BCUT2D eigenvalue weighted by Crippen LogP contribution is 2.12. The van der Waals surface area contributed by atoms with Crippen LogP contribution in [-0.2, 0) is 6.42 Å². The molecule has 0 saturated carbocycles. The van der Waals surface area contributed by atoms with Gasteiger partial charge in [0, 0.05) is 11.9 Å². The van der Waals surface area contributed by atoms with E-state index in [0.29, 0.717) is 0 Å². The van der Waals surface area contributed by atoms with Crippen LogP contribution in [0.1, 0.15) is 69.5 Å². The zero-order valence-electron chi connectivity index (χ0n) is 11.5. The molecule has 96 valence electrons. The number of pyridine rings is 1. The van der Waals surface area contributed by atoms with E-state index < -0.39 is 0 Å². The Labute approximate surface area is 107 Å². The summed E-state index contributed by atoms with van der Waals surface area (Å²) < 4.78 is 0. The van der Waals surface area contributed by atoms with E-state index in [1.807, 2.05) is 12.3 Å². The largest absolute Gasteiger partial charge is 0.261 e. The maximum Gasteiger partial charge on any atom is 0.0432 e. The molecular weight excluding hydrogens is 206 g/mol. The van der Waals surface area contributed by atoms with Gasteiger partial charge in [0.2, 0.25) is 0 Å². The highest BCUT2D eigenvalue weighted by atomic mass is 14.7. The van der Waals surface area contributed by atoms with Crippen molar-refractivity contribution in [2.45, 2.75) is 71.6 Å². The van der Waals surface area contributed by atoms with Crippen LogP contribution < -0.4 is 0 Å². The molecule has 0 spiro atoms. The molecule has 1 heteroatoms. The second-order valence-corrected chi connectivity index (χ2v) is 4.99. The van der Waals surface area contributed by atoms with Crippen molar-refractivity contribution in [1.29, 1.82) is 0 Å². The fourth-order valence-corrected chi connectivity index (χ4v) is 2.21. The fraction of sp³-hybridized carbons (Fsp3) is 0.688. The predicted molar refractivity (Wildman–Crippen MR) is 75.3 cm³/mol. The number of aromatic nitrogens is 1. The standard InChI is InChI=1S/C16H27N/c1-3-4-5-6-7-8-9-10-13-16-15(2)12-11-14-17-16/h11-12,14H,3-10,13H2,1-2H3. The molecule has 1 rings (SSSR count). The van der Waals surface area contributed by atoms with Crippen molar-refractivity contribution in [3.8, 4) is 0 Å². The van der Waals surface area contributed by atoms with Crippen molar-refractivity contribution in [2.75, 3.05) is 0 Å². The minimum Gasteiger partial charge on any atom is -0.261 e. The highest BCUT2D eigenvalue weighted by molar-refractivity contribution is 5.17. The van der Waals surface area contributed by atoms with E-state index >= 15 is 0 Å². The molecule has 1 aromatic heterocycles. The lowest BCUT2D eigenvalue weighted by molar-refractivity contribution is 0.573. The third kappa shape index (κ3) is 6.45. The van der Waals surface area contributed by atoms with Gasteiger partial charge in [-0.25, -0.2) is 0 Å². The summed E-state index contributed by atoms with van der Waals surface area (Å²) >= 11 is 0. The van der Waals surface area contributed by atoms with Crippen LogP contribution in [-0.4, -0.2) is 4.98 Å². The van der Waals surface area contributed by atoms with E-state index in [-0.39, 0.29) is 0 Å². The van der Waals surface area contributed by atoms with Gasteiger partial charge in [-0.2, -0.15) is 0 Å². The number of unbranched alkanes of at least 4 members (excludes halogenated alkanes) is 7. The summed E-state index contributed by atoms with van der Waals surface area (Å²) in [7, 11) is 0. The number of rotatable bonds is 9. The number of hydrogen-bond donors (Lipinski definition) is 0. The fourth-order valence-electron chi connectivity index (χ4n) is 2.21. The molecule has 0 aliphatic carbocycles. The normalized spacial score (nSPS) is 10.7. The molecule has 0 bridgehead atoms. The van der Waals surface area contributed by atoms with Crippen molar-refractivity contribution >= 4 is 0 Å². The molecule has 17 heavy (non-hydrogen) atoms. The zero-order valence-corrected chi connectivity index (χ0v) is 11.5. The Balaban J connectivity index is 1.99. The minimum atomic E-state index is 1.15. The first-order chi connectivity index (χ1) is 8.34. The van der Waals surface area contributed by atoms with Crippen molar-refractivity contribution in [1.82, 2.24) is 4.98 Å². The molecule has 0 saturated heterocycles. The summed E-state index contributed by atoms with van der Waals surface area (Å²) in [5.74, 6) is 0. The third-order valence-corrected chi connectivity index (χ3v) is 3.38. The van der Waals surface area contributed by atoms with E-state index in [1.54, 1.807) is 0 Å². The van der Waals surface area contributed by atoms with E-state index in [1.165, 1.54) is 62.6 Å². The smallest absolute Gasteiger partial charge is 0.0432 e. The molecule has 0 amide bonds. The van der Waals surface area contributed by atoms with E-state index in [0.717, 1.165) is 6.42 Å². The maximum atomic E-state index is 4.44. The van der Waals surface area contributed by atoms with Gasteiger partial charge in [0.15, 0.2) is 0 Å². The van der Waals surface area contributed by atoms with Gasteiger partial charge in [-0.15, -0.1) is 0 Å². The van der Waals surface area contributed by atoms with Crippen molar-refractivity contribution in [3.63, 3.8) is 0 Å². The van der Waals surface area contributed by atoms with Gasteiger partial charge in [-0.3, -0.25) is 4.98 Å². The molecule has 0 radical (unpaired) electrons. The first-order valence-corrected chi connectivity index (χ1v) is 7.25. The molecule has 0 atom stereocenters. The number of nitrogens with zero attached hydrogens (tertiary/aromatic N) is 1. The predicted octanol–water partition coefficient (Wildman–Crippen LogP) is 5.07. The number of hydrogen-bond acceptors (Lipinski definition) is 1. The summed E-state index contributed by atoms with van der Waals surface area (Å²) in [5.41, 5.74) is 2.63. The first kappa shape index (κ1) is 14.2. The van der Waals surface area contributed by atoms with Crippen LogP contribution in [0.2, 0.25) is 0 Å². The quantitative estimate of drug-likeness (QED) is 0.542. The highest BCUT2D eigenvalue weighted by Gasteiger charge is 1.98. The second kappa shape index (κ2) is 9.21. The van der Waals surface area contributed by atoms with Crippen LogP contribution >= 0.6 is 0 Å². The topological polar surface area (TPSA) is 12.9 Å². The molecule has 1 aromatic rings. The molecule has 0 fully saturated rings. The monoisotopic (exact) mass is 233 g/mol. The van der Waals surface area contributed by atoms with Gasteiger partial charge in [-0.05, 0) is 31.4 Å². The maximum absolute atomic E-state index is 4.44. The molecule has 0 aliphatic heterocycles. The van der Waals surface area contributed by atoms with Gasteiger partial charge in [0.1, 0.15) is 0 Å². The molecule has 0 aromatic carbocycles. The Bertz CT molecular complexity index is 293. The van der Waals surface area contributed by atoms with Crippen molar-refractivity contribution in [3.05, 3.63) is 29.6 Å². The van der Waals surface area contributed by atoms with Crippen LogP contribution in [0, 0.1) is 6.92 Å². The van der Waals surface area contributed by atoms with Crippen molar-refractivity contribution < 1.29 is 0 Å². The molecule has 0 N–H and O–H groups in total. The van der Waals surface area contributed by atoms with E-state index in [9.17, 15) is 0 Å². The lowest BCUT2D eigenvalue weighted by Crippen LogP contribution is -1.93. The van der Waals surface area contributed by atoms with Crippen LogP contribution in [0.5, 0.6) is 0 Å². The Morgan fingerprint density at radius 3 is 2.24 bits per heavy atom. The summed E-state index contributed by atoms with van der Waals surface area (Å²) in [6, 6.07) is 4.18. The van der Waals surface area contributed by atoms with Crippen LogP contribution in [0.4, 0.5) is 0 Å². The minimum absolute atomic E-state index is 1.15. The lowest BCUT2D eigenvalue weighted by atomic mass is 10.0. The third-order valence-electron chi connectivity index (χ3n) is 3.38. The molecular formula is C16H27N. The van der Waals surface area contributed by atoms with Crippen LogP contribution in [0.25, 0.3) is 0 Å². The first-order valence-electron chi connectivity index (χ1n) is 7.25. The average Bonchev–Trinajstić information content (AvgIpc) is 2.35. The SMILES string of the molecule is CCCCCCCCCCc1ncccc1C. The van der Waals surface area contributed by atoms with E-state index in [2.05, 4.69) is 24.9 Å². The van der Waals surface area contributed by atoms with Gasteiger partial charge >= 0.3 is 0 Å². The molecule has 1 nitrogen and oxygen atoms in total. The van der Waals surface area contributed by atoms with Gasteiger partial charge in [0.25, 0.3) is 0 Å². The average molecular weight is 233 g/mol. The van der Waals surface area contributed by atoms with Crippen LogP contribution in [0.3, 0.4) is 0 Å². The Hall–Kier alpha value is -0.850. The summed E-state index contributed by atoms with van der Waals surface area (Å²) in [4.78, 5) is 4.44. The van der Waals surface area contributed by atoms with Gasteiger partial charge < -0.3 is 0 Å².